The number of hydrogen-bond donors (Lipinski definition) is 1. The van der Waals surface area contributed by atoms with E-state index in [2.05, 4.69) is 40.9 Å². The van der Waals surface area contributed by atoms with Crippen LogP contribution in [0.15, 0.2) is 84.0 Å². The molecule has 6 rings (SSSR count). The topological polar surface area (TPSA) is 93.9 Å². The first-order chi connectivity index (χ1) is 21.0. The minimum atomic E-state index is -3.93. The van der Waals surface area contributed by atoms with Crippen molar-refractivity contribution in [2.45, 2.75) is 63.4 Å². The molecule has 0 spiro atoms. The molecule has 2 fully saturated rings. The lowest BCUT2D eigenvalue weighted by Gasteiger charge is -2.36. The van der Waals surface area contributed by atoms with Crippen LogP contribution in [-0.4, -0.2) is 34.7 Å². The van der Waals surface area contributed by atoms with Crippen LogP contribution in [-0.2, 0) is 27.0 Å². The van der Waals surface area contributed by atoms with Crippen molar-refractivity contribution in [1.82, 2.24) is 19.5 Å². The van der Waals surface area contributed by atoms with Crippen molar-refractivity contribution in [3.63, 3.8) is 0 Å². The summed E-state index contributed by atoms with van der Waals surface area (Å²) in [5.74, 6) is 1.20. The van der Waals surface area contributed by atoms with Gasteiger partial charge >= 0.3 is 0 Å². The fraction of sp³-hybridized carbons (Fsp3) is 0.382. The summed E-state index contributed by atoms with van der Waals surface area (Å²) in [5.41, 5.74) is 2.58. The lowest BCUT2D eigenvalue weighted by atomic mass is 9.70. The van der Waals surface area contributed by atoms with Gasteiger partial charge in [0.2, 0.25) is 10.0 Å². The summed E-state index contributed by atoms with van der Waals surface area (Å²) in [6.07, 6.45) is 2.30. The first-order valence-electron chi connectivity index (χ1n) is 14.9. The van der Waals surface area contributed by atoms with Gasteiger partial charge < -0.3 is 0 Å². The number of carbonyl (C=O) groups excluding carboxylic acids is 1. The summed E-state index contributed by atoms with van der Waals surface area (Å²) in [7, 11) is -3.93. The zero-order valence-corrected chi connectivity index (χ0v) is 27.6. The largest absolute Gasteiger partial charge is 0.299 e. The van der Waals surface area contributed by atoms with Crippen LogP contribution >= 0.6 is 23.4 Å². The number of Topliss-reactive ketones (excluding diaryl/α,β-unsaturated/α-hetero) is 1. The predicted octanol–water partition coefficient (Wildman–Crippen LogP) is 7.12. The van der Waals surface area contributed by atoms with E-state index in [4.69, 9.17) is 11.6 Å². The molecule has 0 aliphatic heterocycles. The van der Waals surface area contributed by atoms with Crippen molar-refractivity contribution in [2.75, 3.05) is 5.75 Å². The number of aromatic nitrogens is 3. The molecule has 1 aromatic heterocycles. The molecule has 0 radical (unpaired) electrons. The maximum absolute atomic E-state index is 14.1. The highest BCUT2D eigenvalue weighted by molar-refractivity contribution is 7.98. The van der Waals surface area contributed by atoms with Gasteiger partial charge in [0.1, 0.15) is 5.78 Å². The summed E-state index contributed by atoms with van der Waals surface area (Å²) < 4.78 is 33.2. The molecule has 3 unspecified atom stereocenters. The molecule has 3 atom stereocenters. The van der Waals surface area contributed by atoms with Crippen LogP contribution in [0.4, 0.5) is 0 Å². The molecule has 230 valence electrons. The molecule has 2 aliphatic carbocycles. The van der Waals surface area contributed by atoms with Gasteiger partial charge in [-0.15, -0.1) is 10.2 Å². The molecular weight excluding hydrogens is 612 g/mol. The second-order valence-corrected chi connectivity index (χ2v) is 15.8. The normalized spacial score (nSPS) is 21.5. The molecular formula is C34H37ClN4O3S2. The van der Waals surface area contributed by atoms with Crippen LogP contribution < -0.4 is 4.72 Å². The van der Waals surface area contributed by atoms with Gasteiger partial charge in [-0.3, -0.25) is 9.36 Å². The van der Waals surface area contributed by atoms with Gasteiger partial charge in [0, 0.05) is 22.6 Å². The Morgan fingerprint density at radius 3 is 2.34 bits per heavy atom. The highest BCUT2D eigenvalue weighted by atomic mass is 35.5. The van der Waals surface area contributed by atoms with E-state index < -0.39 is 21.5 Å². The number of aryl methyl sites for hydroxylation is 1. The van der Waals surface area contributed by atoms with Crippen molar-refractivity contribution in [2.24, 2.45) is 16.7 Å². The molecule has 3 aromatic carbocycles. The number of benzene rings is 3. The third-order valence-corrected chi connectivity index (χ3v) is 12.5. The fourth-order valence-corrected chi connectivity index (χ4v) is 10.2. The summed E-state index contributed by atoms with van der Waals surface area (Å²) in [6.45, 7) is 6.10. The molecule has 44 heavy (non-hydrogen) atoms. The molecule has 0 amide bonds. The number of fused-ring (bicyclic) bond motifs is 2. The number of halogens is 1. The second kappa shape index (κ2) is 12.1. The van der Waals surface area contributed by atoms with Gasteiger partial charge in [-0.1, -0.05) is 104 Å². The first kappa shape index (κ1) is 31.0. The highest BCUT2D eigenvalue weighted by Gasteiger charge is 2.65. The maximum atomic E-state index is 14.1. The standard InChI is InChI=1S/C34H37ClN4O3S2/c1-23-14-15-27(35)20-29(23)39-31(36-37-32(39)43-21-25-12-8-5-9-13-25)28(18-24-10-6-4-7-11-24)38-44(41,42)22-34-17-16-26(19-30(34)40)33(34,2)3/h4-15,20,26,28,38H,16-19,21-22H2,1-3H3. The van der Waals surface area contributed by atoms with Gasteiger partial charge in [0.15, 0.2) is 11.0 Å². The zero-order chi connectivity index (χ0) is 31.1. The van der Waals surface area contributed by atoms with E-state index in [1.54, 1.807) is 0 Å². The lowest BCUT2D eigenvalue weighted by Crippen LogP contribution is -2.46. The monoisotopic (exact) mass is 648 g/mol. The third-order valence-electron chi connectivity index (χ3n) is 9.77. The van der Waals surface area contributed by atoms with Gasteiger partial charge in [-0.05, 0) is 66.3 Å². The Hall–Kier alpha value is -2.98. The Bertz CT molecular complexity index is 1780. The van der Waals surface area contributed by atoms with Crippen LogP contribution in [0.1, 0.15) is 61.7 Å². The molecule has 7 nitrogen and oxygen atoms in total. The van der Waals surface area contributed by atoms with Crippen molar-refractivity contribution in [3.05, 3.63) is 106 Å². The smallest absolute Gasteiger partial charge is 0.213 e. The van der Waals surface area contributed by atoms with Gasteiger partial charge in [-0.2, -0.15) is 0 Å². The summed E-state index contributed by atoms with van der Waals surface area (Å²) in [5, 5.41) is 10.4. The van der Waals surface area contributed by atoms with E-state index in [0.29, 0.717) is 41.0 Å². The van der Waals surface area contributed by atoms with Crippen LogP contribution in [0.2, 0.25) is 5.02 Å². The van der Waals surface area contributed by atoms with Crippen LogP contribution in [0.25, 0.3) is 5.69 Å². The van der Waals surface area contributed by atoms with Gasteiger partial charge in [0.25, 0.3) is 0 Å². The van der Waals surface area contributed by atoms with Crippen LogP contribution in [0, 0.1) is 23.7 Å². The highest BCUT2D eigenvalue weighted by Crippen LogP contribution is 2.64. The lowest BCUT2D eigenvalue weighted by molar-refractivity contribution is -0.128. The number of nitrogens with one attached hydrogen (secondary N) is 1. The van der Waals surface area contributed by atoms with E-state index >= 15 is 0 Å². The number of carbonyl (C=O) groups is 1. The zero-order valence-electron chi connectivity index (χ0n) is 25.2. The quantitative estimate of drug-likeness (QED) is 0.174. The molecule has 2 aliphatic rings. The summed E-state index contributed by atoms with van der Waals surface area (Å²) >= 11 is 8.02. The number of rotatable bonds is 11. The van der Waals surface area contributed by atoms with Gasteiger partial charge in [0.05, 0.1) is 17.5 Å². The van der Waals surface area contributed by atoms with Crippen molar-refractivity contribution in [3.8, 4) is 5.69 Å². The molecule has 10 heteroatoms. The van der Waals surface area contributed by atoms with Crippen molar-refractivity contribution in [1.29, 1.82) is 0 Å². The van der Waals surface area contributed by atoms with Crippen molar-refractivity contribution < 1.29 is 13.2 Å². The molecule has 2 saturated carbocycles. The second-order valence-electron chi connectivity index (χ2n) is 12.7. The van der Waals surface area contributed by atoms with E-state index in [-0.39, 0.29) is 22.9 Å². The number of sulfonamides is 1. The fourth-order valence-electron chi connectivity index (χ4n) is 7.10. The summed E-state index contributed by atoms with van der Waals surface area (Å²) in [6, 6.07) is 24.7. The van der Waals surface area contributed by atoms with Crippen LogP contribution in [0.3, 0.4) is 0 Å². The molecule has 0 saturated heterocycles. The number of nitrogens with zero attached hydrogens (tertiary/aromatic N) is 3. The van der Waals surface area contributed by atoms with Crippen LogP contribution in [0.5, 0.6) is 0 Å². The van der Waals surface area contributed by atoms with E-state index in [0.717, 1.165) is 28.8 Å². The Kier molecular flexibility index (Phi) is 8.52. The molecule has 4 aromatic rings. The van der Waals surface area contributed by atoms with E-state index in [1.165, 1.54) is 11.8 Å². The Balaban J connectivity index is 1.41. The number of thioether (sulfide) groups is 1. The Labute approximate surface area is 268 Å². The average molecular weight is 649 g/mol. The summed E-state index contributed by atoms with van der Waals surface area (Å²) in [4.78, 5) is 13.3. The van der Waals surface area contributed by atoms with E-state index in [9.17, 15) is 13.2 Å². The first-order valence-corrected chi connectivity index (χ1v) is 18.0. The average Bonchev–Trinajstić information content (AvgIpc) is 3.57. The number of hydrogen-bond acceptors (Lipinski definition) is 6. The predicted molar refractivity (Wildman–Crippen MR) is 175 cm³/mol. The Morgan fingerprint density at radius 2 is 1.70 bits per heavy atom. The maximum Gasteiger partial charge on any atom is 0.213 e. The Morgan fingerprint density at radius 1 is 1.02 bits per heavy atom. The van der Waals surface area contributed by atoms with Crippen molar-refractivity contribution >= 4 is 39.2 Å². The molecule has 1 heterocycles. The molecule has 1 N–H and O–H groups in total. The number of ketones is 1. The third kappa shape index (κ3) is 5.87. The minimum absolute atomic E-state index is 0.0704. The SMILES string of the molecule is Cc1ccc(Cl)cc1-n1c(SCc2ccccc2)nnc1C(Cc1ccccc1)NS(=O)(=O)CC12CCC(CC1=O)C2(C)C. The minimum Gasteiger partial charge on any atom is -0.299 e. The molecule has 2 bridgehead atoms. The van der Waals surface area contributed by atoms with Gasteiger partial charge in [-0.25, -0.2) is 13.1 Å². The van der Waals surface area contributed by atoms with E-state index in [1.807, 2.05) is 78.2 Å².